The van der Waals surface area contributed by atoms with Crippen LogP contribution in [0.5, 0.6) is 0 Å². The van der Waals surface area contributed by atoms with Gasteiger partial charge < -0.3 is 16.2 Å². The minimum atomic E-state index is -0.904. The minimum Gasteiger partial charge on any atom is -0.481 e. The molecule has 0 bridgehead atoms. The maximum Gasteiger partial charge on any atom is 0.305 e. The molecule has 4 N–H and O–H groups in total. The van der Waals surface area contributed by atoms with E-state index in [0.717, 1.165) is 6.42 Å². The van der Waals surface area contributed by atoms with Crippen LogP contribution < -0.4 is 11.1 Å². The van der Waals surface area contributed by atoms with Crippen LogP contribution in [-0.2, 0) is 9.59 Å². The molecule has 112 valence electrons. The number of carbonyl (C=O) groups excluding carboxylic acids is 1. The van der Waals surface area contributed by atoms with Crippen molar-refractivity contribution in [3.05, 3.63) is 0 Å². The normalized spacial score (nSPS) is 17.6. The summed E-state index contributed by atoms with van der Waals surface area (Å²) >= 11 is 0. The Labute approximate surface area is 115 Å². The fourth-order valence-electron chi connectivity index (χ4n) is 1.91. The molecule has 0 aromatic rings. The van der Waals surface area contributed by atoms with Gasteiger partial charge in [-0.05, 0) is 17.8 Å². The Hall–Kier alpha value is -1.10. The molecule has 19 heavy (non-hydrogen) atoms. The molecule has 0 heterocycles. The van der Waals surface area contributed by atoms with Crippen molar-refractivity contribution >= 4 is 11.9 Å². The Kier molecular flexibility index (Phi) is 7.68. The van der Waals surface area contributed by atoms with Crippen LogP contribution in [0.25, 0.3) is 0 Å². The summed E-state index contributed by atoms with van der Waals surface area (Å²) in [5, 5.41) is 11.8. The van der Waals surface area contributed by atoms with Crippen molar-refractivity contribution in [2.24, 2.45) is 23.5 Å². The number of amides is 1. The number of carboxylic acid groups (broad SMARTS) is 1. The van der Waals surface area contributed by atoms with Crippen LogP contribution in [0.3, 0.4) is 0 Å². The van der Waals surface area contributed by atoms with E-state index < -0.39 is 12.0 Å². The highest BCUT2D eigenvalue weighted by Gasteiger charge is 2.28. The van der Waals surface area contributed by atoms with E-state index in [1.807, 2.05) is 20.8 Å². The minimum absolute atomic E-state index is 0.0318. The van der Waals surface area contributed by atoms with Crippen molar-refractivity contribution in [3.63, 3.8) is 0 Å². The predicted molar refractivity (Wildman–Crippen MR) is 75.6 cm³/mol. The third-order valence-corrected chi connectivity index (χ3v) is 3.92. The van der Waals surface area contributed by atoms with Crippen LogP contribution in [0, 0.1) is 17.8 Å². The summed E-state index contributed by atoms with van der Waals surface area (Å²) in [6.07, 6.45) is 0.880. The molecule has 0 saturated carbocycles. The second-order valence-corrected chi connectivity index (χ2v) is 5.73. The molecule has 0 saturated heterocycles. The first-order valence-electron chi connectivity index (χ1n) is 6.98. The van der Waals surface area contributed by atoms with Gasteiger partial charge in [0.1, 0.15) is 0 Å². The maximum atomic E-state index is 12.0. The molecule has 0 fully saturated rings. The highest BCUT2D eigenvalue weighted by molar-refractivity contribution is 5.82. The maximum absolute atomic E-state index is 12.0. The average molecular weight is 272 g/mol. The van der Waals surface area contributed by atoms with E-state index in [4.69, 9.17) is 10.8 Å². The van der Waals surface area contributed by atoms with Crippen LogP contribution >= 0.6 is 0 Å². The molecule has 1 amide bonds. The molecule has 5 nitrogen and oxygen atoms in total. The Balaban J connectivity index is 4.77. The van der Waals surface area contributed by atoms with E-state index in [-0.39, 0.29) is 30.2 Å². The second-order valence-electron chi connectivity index (χ2n) is 5.73. The number of rotatable bonds is 8. The molecule has 0 rings (SSSR count). The van der Waals surface area contributed by atoms with Crippen LogP contribution in [0.4, 0.5) is 0 Å². The first-order valence-corrected chi connectivity index (χ1v) is 6.98. The summed E-state index contributed by atoms with van der Waals surface area (Å²) in [6.45, 7) is 9.83. The number of nitrogens with one attached hydrogen (secondary N) is 1. The molecule has 0 aliphatic rings. The van der Waals surface area contributed by atoms with Crippen molar-refractivity contribution in [1.29, 1.82) is 0 Å². The zero-order valence-corrected chi connectivity index (χ0v) is 12.6. The van der Waals surface area contributed by atoms with Crippen molar-refractivity contribution in [2.45, 2.75) is 59.5 Å². The number of hydrogen-bond donors (Lipinski definition) is 3. The lowest BCUT2D eigenvalue weighted by Gasteiger charge is -2.29. The third kappa shape index (κ3) is 6.05. The lowest BCUT2D eigenvalue weighted by atomic mass is 9.85. The average Bonchev–Trinajstić information content (AvgIpc) is 2.34. The van der Waals surface area contributed by atoms with E-state index in [9.17, 15) is 9.59 Å². The number of carboxylic acids is 1. The number of hydrogen-bond acceptors (Lipinski definition) is 3. The quantitative estimate of drug-likeness (QED) is 0.626. The smallest absolute Gasteiger partial charge is 0.305 e. The molecule has 4 atom stereocenters. The molecular weight excluding hydrogens is 244 g/mol. The fraction of sp³-hybridized carbons (Fsp3) is 0.857. The van der Waals surface area contributed by atoms with E-state index in [1.54, 1.807) is 0 Å². The van der Waals surface area contributed by atoms with E-state index in [2.05, 4.69) is 19.2 Å². The van der Waals surface area contributed by atoms with Gasteiger partial charge in [-0.15, -0.1) is 0 Å². The predicted octanol–water partition coefficient (Wildman–Crippen LogP) is 1.61. The topological polar surface area (TPSA) is 92.4 Å². The monoisotopic (exact) mass is 272 g/mol. The van der Waals surface area contributed by atoms with Crippen LogP contribution in [0.15, 0.2) is 0 Å². The van der Waals surface area contributed by atoms with E-state index in [1.165, 1.54) is 0 Å². The summed E-state index contributed by atoms with van der Waals surface area (Å²) in [6, 6.07) is -0.967. The SMILES string of the molecule is CC[C@@H](C)[C@@H](C)[C@@H](CC(=O)O)NC(=O)[C@@H](N)C(C)C. The van der Waals surface area contributed by atoms with Gasteiger partial charge in [0.2, 0.25) is 5.91 Å². The molecule has 0 spiro atoms. The highest BCUT2D eigenvalue weighted by Crippen LogP contribution is 2.20. The van der Waals surface area contributed by atoms with Gasteiger partial charge in [0.25, 0.3) is 0 Å². The molecular formula is C14H28N2O3. The lowest BCUT2D eigenvalue weighted by molar-refractivity contribution is -0.138. The molecule has 0 aliphatic heterocycles. The van der Waals surface area contributed by atoms with Crippen LogP contribution in [0.2, 0.25) is 0 Å². The first-order chi connectivity index (χ1) is 8.70. The number of aliphatic carboxylic acids is 1. The second kappa shape index (κ2) is 8.15. The zero-order valence-electron chi connectivity index (χ0n) is 12.6. The molecule has 5 heteroatoms. The number of nitrogens with two attached hydrogens (primary N) is 1. The third-order valence-electron chi connectivity index (χ3n) is 3.92. The Bertz CT molecular complexity index is 305. The van der Waals surface area contributed by atoms with Gasteiger partial charge in [-0.2, -0.15) is 0 Å². The van der Waals surface area contributed by atoms with Gasteiger partial charge in [-0.25, -0.2) is 0 Å². The number of carbonyl (C=O) groups is 2. The molecule has 0 aromatic heterocycles. The van der Waals surface area contributed by atoms with Gasteiger partial charge in [0.15, 0.2) is 0 Å². The zero-order chi connectivity index (χ0) is 15.2. The van der Waals surface area contributed by atoms with Gasteiger partial charge in [0, 0.05) is 6.04 Å². The van der Waals surface area contributed by atoms with Crippen molar-refractivity contribution in [2.75, 3.05) is 0 Å². The van der Waals surface area contributed by atoms with Gasteiger partial charge in [0.05, 0.1) is 12.5 Å². The molecule has 0 radical (unpaired) electrons. The van der Waals surface area contributed by atoms with Crippen molar-refractivity contribution in [3.8, 4) is 0 Å². The summed E-state index contributed by atoms with van der Waals surface area (Å²) < 4.78 is 0. The summed E-state index contributed by atoms with van der Waals surface area (Å²) in [7, 11) is 0. The van der Waals surface area contributed by atoms with Gasteiger partial charge in [-0.1, -0.05) is 41.0 Å². The van der Waals surface area contributed by atoms with Crippen molar-refractivity contribution in [1.82, 2.24) is 5.32 Å². The van der Waals surface area contributed by atoms with Crippen LogP contribution in [0.1, 0.15) is 47.5 Å². The van der Waals surface area contributed by atoms with E-state index in [0.29, 0.717) is 5.92 Å². The molecule has 0 aliphatic carbocycles. The Morgan fingerprint density at radius 2 is 1.74 bits per heavy atom. The first kappa shape index (κ1) is 17.9. The molecule has 0 aromatic carbocycles. The van der Waals surface area contributed by atoms with Gasteiger partial charge >= 0.3 is 5.97 Å². The summed E-state index contributed by atoms with van der Waals surface area (Å²) in [5.74, 6) is -0.691. The Morgan fingerprint density at radius 1 is 1.21 bits per heavy atom. The largest absolute Gasteiger partial charge is 0.481 e. The van der Waals surface area contributed by atoms with Gasteiger partial charge in [-0.3, -0.25) is 9.59 Å². The Morgan fingerprint density at radius 3 is 2.11 bits per heavy atom. The fourth-order valence-corrected chi connectivity index (χ4v) is 1.91. The standard InChI is InChI=1S/C14H28N2O3/c1-6-9(4)10(5)11(7-12(17)18)16-14(19)13(15)8(2)3/h8-11,13H,6-7,15H2,1-5H3,(H,16,19)(H,17,18)/t9-,10-,11-,13+/m1/s1. The summed E-state index contributed by atoms with van der Waals surface area (Å²) in [4.78, 5) is 22.9. The highest BCUT2D eigenvalue weighted by atomic mass is 16.4. The summed E-state index contributed by atoms with van der Waals surface area (Å²) in [5.41, 5.74) is 5.79. The molecule has 0 unspecified atom stereocenters. The van der Waals surface area contributed by atoms with E-state index >= 15 is 0 Å². The van der Waals surface area contributed by atoms with Crippen LogP contribution in [-0.4, -0.2) is 29.1 Å². The van der Waals surface area contributed by atoms with Crippen molar-refractivity contribution < 1.29 is 14.7 Å². The lowest BCUT2D eigenvalue weighted by Crippen LogP contribution is -2.51.